The Morgan fingerprint density at radius 2 is 1.91 bits per heavy atom. The molecule has 0 aliphatic rings. The number of hydrogen-bond acceptors (Lipinski definition) is 5. The van der Waals surface area contributed by atoms with Crippen molar-refractivity contribution in [1.82, 2.24) is 9.78 Å². The van der Waals surface area contributed by atoms with Gasteiger partial charge in [-0.15, -0.1) is 0 Å². The summed E-state index contributed by atoms with van der Waals surface area (Å²) in [7, 11) is 1.53. The molecule has 33 heavy (non-hydrogen) atoms. The Morgan fingerprint density at radius 3 is 2.64 bits per heavy atom. The van der Waals surface area contributed by atoms with Gasteiger partial charge in [-0.05, 0) is 23.8 Å². The number of halogens is 1. The molecule has 1 amide bonds. The van der Waals surface area contributed by atoms with E-state index in [-0.39, 0.29) is 16.9 Å². The lowest BCUT2D eigenvalue weighted by Crippen LogP contribution is -2.13. The van der Waals surface area contributed by atoms with Crippen LogP contribution in [0.5, 0.6) is 5.75 Å². The highest BCUT2D eigenvalue weighted by Crippen LogP contribution is 2.28. The largest absolute Gasteiger partial charge is 0.497 e. The Bertz CT molecular complexity index is 1320. The number of hydrogen-bond donors (Lipinski definition) is 1. The van der Waals surface area contributed by atoms with E-state index in [1.165, 1.54) is 7.11 Å². The molecule has 0 unspecified atom stereocenters. The third-order valence-electron chi connectivity index (χ3n) is 4.95. The molecule has 0 saturated carbocycles. The van der Waals surface area contributed by atoms with Crippen molar-refractivity contribution in [2.24, 2.45) is 0 Å². The predicted molar refractivity (Wildman–Crippen MR) is 121 cm³/mol. The minimum Gasteiger partial charge on any atom is -0.497 e. The van der Waals surface area contributed by atoms with E-state index in [1.807, 2.05) is 30.3 Å². The molecule has 0 bridgehead atoms. The first-order chi connectivity index (χ1) is 15.9. The van der Waals surface area contributed by atoms with E-state index in [4.69, 9.17) is 4.74 Å². The van der Waals surface area contributed by atoms with Crippen LogP contribution >= 0.6 is 0 Å². The van der Waals surface area contributed by atoms with E-state index in [0.717, 1.165) is 23.8 Å². The highest BCUT2D eigenvalue weighted by molar-refractivity contribution is 6.08. The zero-order valence-electron chi connectivity index (χ0n) is 17.6. The molecule has 0 fully saturated rings. The van der Waals surface area contributed by atoms with E-state index < -0.39 is 16.6 Å². The zero-order chi connectivity index (χ0) is 23.4. The summed E-state index contributed by atoms with van der Waals surface area (Å²) in [5, 5.41) is 18.1. The monoisotopic (exact) mass is 446 g/mol. The topological polar surface area (TPSA) is 99.3 Å². The molecular weight excluding hydrogens is 427 g/mol. The minimum absolute atomic E-state index is 0.185. The molecule has 8 nitrogen and oxygen atoms in total. The number of rotatable bonds is 7. The molecule has 3 aromatic carbocycles. The molecule has 0 atom stereocenters. The minimum atomic E-state index is -0.784. The third-order valence-corrected chi connectivity index (χ3v) is 4.95. The summed E-state index contributed by atoms with van der Waals surface area (Å²) >= 11 is 0. The van der Waals surface area contributed by atoms with Gasteiger partial charge in [0.25, 0.3) is 11.6 Å². The SMILES string of the molecule is COc1cccc(-c2nn(Cc3ccccc3)cc2C(=O)Nc2cc([N+](=O)[O-])ccc2F)c1. The van der Waals surface area contributed by atoms with Gasteiger partial charge < -0.3 is 10.1 Å². The molecule has 4 rings (SSSR count). The number of non-ortho nitro benzene ring substituents is 1. The molecule has 4 aromatic rings. The smallest absolute Gasteiger partial charge is 0.271 e. The van der Waals surface area contributed by atoms with Gasteiger partial charge in [-0.25, -0.2) is 4.39 Å². The predicted octanol–water partition coefficient (Wildman–Crippen LogP) is 4.91. The summed E-state index contributed by atoms with van der Waals surface area (Å²) in [6.07, 6.45) is 1.56. The van der Waals surface area contributed by atoms with E-state index in [1.54, 1.807) is 35.1 Å². The van der Waals surface area contributed by atoms with E-state index in [9.17, 15) is 19.3 Å². The first kappa shape index (κ1) is 21.7. The van der Waals surface area contributed by atoms with Crippen molar-refractivity contribution in [3.05, 3.63) is 106 Å². The summed E-state index contributed by atoms with van der Waals surface area (Å²) < 4.78 is 21.1. The second kappa shape index (κ2) is 9.31. The second-order valence-electron chi connectivity index (χ2n) is 7.18. The van der Waals surface area contributed by atoms with Crippen LogP contribution in [0.4, 0.5) is 15.8 Å². The maximum absolute atomic E-state index is 14.2. The van der Waals surface area contributed by atoms with Crippen molar-refractivity contribution in [2.45, 2.75) is 6.54 Å². The maximum atomic E-state index is 14.2. The molecule has 0 aliphatic heterocycles. The first-order valence-corrected chi connectivity index (χ1v) is 9.95. The van der Waals surface area contributed by atoms with Crippen LogP contribution in [-0.4, -0.2) is 27.7 Å². The Balaban J connectivity index is 1.73. The van der Waals surface area contributed by atoms with Crippen LogP contribution in [0, 0.1) is 15.9 Å². The number of carbonyl (C=O) groups is 1. The zero-order valence-corrected chi connectivity index (χ0v) is 17.6. The van der Waals surface area contributed by atoms with Crippen LogP contribution in [0.1, 0.15) is 15.9 Å². The maximum Gasteiger partial charge on any atom is 0.271 e. The number of nitrogens with one attached hydrogen (secondary N) is 1. The molecule has 1 N–H and O–H groups in total. The summed E-state index contributed by atoms with van der Waals surface area (Å²) in [5.41, 5.74) is 1.54. The Morgan fingerprint density at radius 1 is 1.12 bits per heavy atom. The van der Waals surface area contributed by atoms with Gasteiger partial charge in [-0.3, -0.25) is 19.6 Å². The van der Waals surface area contributed by atoms with Crippen LogP contribution < -0.4 is 10.1 Å². The summed E-state index contributed by atoms with van der Waals surface area (Å²) in [6, 6.07) is 19.6. The molecular formula is C24H19FN4O4. The third kappa shape index (κ3) is 4.87. The van der Waals surface area contributed by atoms with Crippen molar-refractivity contribution < 1.29 is 18.8 Å². The van der Waals surface area contributed by atoms with Crippen molar-refractivity contribution in [3.8, 4) is 17.0 Å². The number of amides is 1. The number of nitro benzene ring substituents is 1. The average molecular weight is 446 g/mol. The van der Waals surface area contributed by atoms with Gasteiger partial charge in [-0.2, -0.15) is 5.10 Å². The number of anilines is 1. The number of methoxy groups -OCH3 is 1. The molecule has 1 heterocycles. The van der Waals surface area contributed by atoms with Crippen molar-refractivity contribution in [2.75, 3.05) is 12.4 Å². The highest BCUT2D eigenvalue weighted by atomic mass is 19.1. The van der Waals surface area contributed by atoms with Gasteiger partial charge in [0, 0.05) is 23.9 Å². The van der Waals surface area contributed by atoms with Gasteiger partial charge in [0.1, 0.15) is 17.3 Å². The number of ether oxygens (including phenoxy) is 1. The lowest BCUT2D eigenvalue weighted by Gasteiger charge is -2.07. The number of carbonyl (C=O) groups excluding carboxylic acids is 1. The van der Waals surface area contributed by atoms with E-state index in [0.29, 0.717) is 23.6 Å². The molecule has 0 radical (unpaired) electrons. The van der Waals surface area contributed by atoms with Gasteiger partial charge in [-0.1, -0.05) is 42.5 Å². The number of nitrogens with zero attached hydrogens (tertiary/aromatic N) is 3. The summed E-state index contributed by atoms with van der Waals surface area (Å²) in [4.78, 5) is 23.5. The van der Waals surface area contributed by atoms with Gasteiger partial charge in [0.05, 0.1) is 29.8 Å². The first-order valence-electron chi connectivity index (χ1n) is 9.95. The fourth-order valence-corrected chi connectivity index (χ4v) is 3.33. The standard InChI is InChI=1S/C24H19FN4O4/c1-33-19-9-5-8-17(12-19)23-20(15-28(27-23)14-16-6-3-2-4-7-16)24(30)26-22-13-18(29(31)32)10-11-21(22)25/h2-13,15H,14H2,1H3,(H,26,30). The summed E-state index contributed by atoms with van der Waals surface area (Å²) in [6.45, 7) is 0.413. The fourth-order valence-electron chi connectivity index (χ4n) is 3.33. The number of benzene rings is 3. The molecule has 166 valence electrons. The normalized spacial score (nSPS) is 10.6. The van der Waals surface area contributed by atoms with Crippen molar-refractivity contribution in [3.63, 3.8) is 0 Å². The average Bonchev–Trinajstić information content (AvgIpc) is 3.25. The Kier molecular flexibility index (Phi) is 6.12. The van der Waals surface area contributed by atoms with Gasteiger partial charge in [0.2, 0.25) is 0 Å². The number of aromatic nitrogens is 2. The quantitative estimate of drug-likeness (QED) is 0.321. The van der Waals surface area contributed by atoms with Crippen LogP contribution in [-0.2, 0) is 6.54 Å². The Labute approximate surface area is 188 Å². The molecule has 1 aromatic heterocycles. The molecule has 0 spiro atoms. The van der Waals surface area contributed by atoms with E-state index in [2.05, 4.69) is 10.4 Å². The molecule has 9 heteroatoms. The van der Waals surface area contributed by atoms with Crippen LogP contribution in [0.3, 0.4) is 0 Å². The summed E-state index contributed by atoms with van der Waals surface area (Å²) in [5.74, 6) is -0.846. The molecule has 0 saturated heterocycles. The van der Waals surface area contributed by atoms with Crippen LogP contribution in [0.2, 0.25) is 0 Å². The number of nitro groups is 1. The fraction of sp³-hybridized carbons (Fsp3) is 0.0833. The highest BCUT2D eigenvalue weighted by Gasteiger charge is 2.21. The van der Waals surface area contributed by atoms with Crippen molar-refractivity contribution >= 4 is 17.3 Å². The Hall–Kier alpha value is -4.53. The second-order valence-corrected chi connectivity index (χ2v) is 7.18. The van der Waals surface area contributed by atoms with Crippen LogP contribution in [0.25, 0.3) is 11.3 Å². The van der Waals surface area contributed by atoms with Crippen molar-refractivity contribution in [1.29, 1.82) is 0 Å². The molecule has 0 aliphatic carbocycles. The van der Waals surface area contributed by atoms with Gasteiger partial charge >= 0.3 is 0 Å². The van der Waals surface area contributed by atoms with Crippen LogP contribution in [0.15, 0.2) is 79.0 Å². The van der Waals surface area contributed by atoms with E-state index >= 15 is 0 Å². The lowest BCUT2D eigenvalue weighted by molar-refractivity contribution is -0.384. The van der Waals surface area contributed by atoms with Gasteiger partial charge in [0.15, 0.2) is 0 Å². The lowest BCUT2D eigenvalue weighted by atomic mass is 10.1.